The first-order valence-corrected chi connectivity index (χ1v) is 6.02. The standard InChI is InChI=1S/C10H14N2O2S/c1-8-7-9(12(13)14)3-4-10(8)11-5-6-15-2/h3-4,7,11H,5-6H2,1-2H3. The Labute approximate surface area is 93.2 Å². The summed E-state index contributed by atoms with van der Waals surface area (Å²) in [5.74, 6) is 1.02. The van der Waals surface area contributed by atoms with Crippen LogP contribution in [-0.4, -0.2) is 23.5 Å². The first-order chi connectivity index (χ1) is 7.15. The lowest BCUT2D eigenvalue weighted by molar-refractivity contribution is -0.384. The molecule has 4 nitrogen and oxygen atoms in total. The van der Waals surface area contributed by atoms with Gasteiger partial charge < -0.3 is 5.32 Å². The van der Waals surface area contributed by atoms with Crippen LogP contribution in [0.3, 0.4) is 0 Å². The lowest BCUT2D eigenvalue weighted by atomic mass is 10.2. The van der Waals surface area contributed by atoms with E-state index >= 15 is 0 Å². The number of nitrogens with zero attached hydrogens (tertiary/aromatic N) is 1. The summed E-state index contributed by atoms with van der Waals surface area (Å²) in [5.41, 5.74) is 2.02. The molecule has 0 amide bonds. The monoisotopic (exact) mass is 226 g/mol. The van der Waals surface area contributed by atoms with Crippen LogP contribution in [0.1, 0.15) is 5.56 Å². The molecular weight excluding hydrogens is 212 g/mol. The van der Waals surface area contributed by atoms with Gasteiger partial charge in [-0.3, -0.25) is 10.1 Å². The van der Waals surface area contributed by atoms with Gasteiger partial charge in [-0.2, -0.15) is 11.8 Å². The number of nitro groups is 1. The topological polar surface area (TPSA) is 55.2 Å². The van der Waals surface area contributed by atoms with Crippen molar-refractivity contribution in [1.82, 2.24) is 0 Å². The summed E-state index contributed by atoms with van der Waals surface area (Å²) >= 11 is 1.76. The predicted octanol–water partition coefficient (Wildman–Crippen LogP) is 2.68. The normalized spacial score (nSPS) is 10.0. The van der Waals surface area contributed by atoms with E-state index in [0.29, 0.717) is 0 Å². The fourth-order valence-electron chi connectivity index (χ4n) is 1.25. The molecule has 0 aliphatic heterocycles. The Morgan fingerprint density at radius 3 is 2.80 bits per heavy atom. The second-order valence-corrected chi connectivity index (χ2v) is 4.16. The predicted molar refractivity (Wildman–Crippen MR) is 64.7 cm³/mol. The Balaban J connectivity index is 2.70. The Hall–Kier alpha value is -1.23. The molecule has 0 aliphatic rings. The molecule has 0 saturated carbocycles. The molecule has 0 fully saturated rings. The van der Waals surface area contributed by atoms with E-state index in [-0.39, 0.29) is 10.6 Å². The van der Waals surface area contributed by atoms with Crippen molar-refractivity contribution in [2.24, 2.45) is 0 Å². The van der Waals surface area contributed by atoms with E-state index in [4.69, 9.17) is 0 Å². The third-order valence-electron chi connectivity index (χ3n) is 2.04. The van der Waals surface area contributed by atoms with E-state index in [2.05, 4.69) is 5.32 Å². The first-order valence-electron chi connectivity index (χ1n) is 4.63. The van der Waals surface area contributed by atoms with Crippen molar-refractivity contribution < 1.29 is 4.92 Å². The van der Waals surface area contributed by atoms with Gasteiger partial charge in [-0.25, -0.2) is 0 Å². The maximum absolute atomic E-state index is 10.5. The molecule has 1 aromatic rings. The minimum Gasteiger partial charge on any atom is -0.384 e. The number of hydrogen-bond acceptors (Lipinski definition) is 4. The molecular formula is C10H14N2O2S. The van der Waals surface area contributed by atoms with Crippen molar-refractivity contribution in [3.63, 3.8) is 0 Å². The number of nitro benzene ring substituents is 1. The molecule has 0 aliphatic carbocycles. The molecule has 1 rings (SSSR count). The van der Waals surface area contributed by atoms with E-state index in [0.717, 1.165) is 23.5 Å². The summed E-state index contributed by atoms with van der Waals surface area (Å²) < 4.78 is 0. The largest absolute Gasteiger partial charge is 0.384 e. The van der Waals surface area contributed by atoms with Gasteiger partial charge in [0.25, 0.3) is 5.69 Å². The van der Waals surface area contributed by atoms with Crippen molar-refractivity contribution in [2.75, 3.05) is 23.9 Å². The number of thioether (sulfide) groups is 1. The van der Waals surface area contributed by atoms with Gasteiger partial charge >= 0.3 is 0 Å². The highest BCUT2D eigenvalue weighted by Crippen LogP contribution is 2.20. The molecule has 0 aromatic heterocycles. The lowest BCUT2D eigenvalue weighted by Gasteiger charge is -2.08. The zero-order valence-electron chi connectivity index (χ0n) is 8.82. The summed E-state index contributed by atoms with van der Waals surface area (Å²) in [7, 11) is 0. The van der Waals surface area contributed by atoms with Crippen LogP contribution in [-0.2, 0) is 0 Å². The minimum absolute atomic E-state index is 0.142. The van der Waals surface area contributed by atoms with Gasteiger partial charge in [0.05, 0.1) is 4.92 Å². The number of rotatable bonds is 5. The summed E-state index contributed by atoms with van der Waals surface area (Å²) in [6.07, 6.45) is 2.05. The summed E-state index contributed by atoms with van der Waals surface area (Å²) in [6.45, 7) is 2.74. The summed E-state index contributed by atoms with van der Waals surface area (Å²) in [5, 5.41) is 13.7. The van der Waals surface area contributed by atoms with Crippen LogP contribution in [0.15, 0.2) is 18.2 Å². The van der Waals surface area contributed by atoms with Crippen LogP contribution in [0.2, 0.25) is 0 Å². The highest BCUT2D eigenvalue weighted by molar-refractivity contribution is 7.98. The van der Waals surface area contributed by atoms with Crippen molar-refractivity contribution in [1.29, 1.82) is 0 Å². The van der Waals surface area contributed by atoms with Crippen LogP contribution in [0, 0.1) is 17.0 Å². The number of aryl methyl sites for hydroxylation is 1. The Morgan fingerprint density at radius 2 is 2.27 bits per heavy atom. The van der Waals surface area contributed by atoms with Crippen LogP contribution in [0.4, 0.5) is 11.4 Å². The maximum Gasteiger partial charge on any atom is 0.269 e. The number of benzene rings is 1. The Kier molecular flexibility index (Phi) is 4.42. The highest BCUT2D eigenvalue weighted by Gasteiger charge is 2.07. The maximum atomic E-state index is 10.5. The number of non-ortho nitro benzene ring substituents is 1. The molecule has 0 radical (unpaired) electrons. The molecule has 0 bridgehead atoms. The van der Waals surface area contributed by atoms with E-state index in [1.807, 2.05) is 13.2 Å². The average Bonchev–Trinajstić information content (AvgIpc) is 2.20. The van der Waals surface area contributed by atoms with Crippen LogP contribution >= 0.6 is 11.8 Å². The zero-order valence-corrected chi connectivity index (χ0v) is 9.63. The SMILES string of the molecule is CSCCNc1ccc([N+](=O)[O-])cc1C. The van der Waals surface area contributed by atoms with Crippen LogP contribution < -0.4 is 5.32 Å². The van der Waals surface area contributed by atoms with Gasteiger partial charge in [0.1, 0.15) is 0 Å². The van der Waals surface area contributed by atoms with Gasteiger partial charge in [0.2, 0.25) is 0 Å². The highest BCUT2D eigenvalue weighted by atomic mass is 32.2. The van der Waals surface area contributed by atoms with Crippen molar-refractivity contribution in [2.45, 2.75) is 6.92 Å². The number of hydrogen-bond donors (Lipinski definition) is 1. The van der Waals surface area contributed by atoms with Crippen LogP contribution in [0.25, 0.3) is 0 Å². The molecule has 5 heteroatoms. The molecule has 0 heterocycles. The summed E-state index contributed by atoms with van der Waals surface area (Å²) in [6, 6.07) is 4.86. The van der Waals surface area contributed by atoms with Gasteiger partial charge in [-0.05, 0) is 24.8 Å². The van der Waals surface area contributed by atoms with Gasteiger partial charge in [0.15, 0.2) is 0 Å². The second kappa shape index (κ2) is 5.60. The second-order valence-electron chi connectivity index (χ2n) is 3.18. The minimum atomic E-state index is -0.376. The molecule has 1 N–H and O–H groups in total. The fraction of sp³-hybridized carbons (Fsp3) is 0.400. The molecule has 0 atom stereocenters. The lowest BCUT2D eigenvalue weighted by Crippen LogP contribution is -2.05. The Morgan fingerprint density at radius 1 is 1.53 bits per heavy atom. The Bertz CT molecular complexity index is 355. The first kappa shape index (κ1) is 11.8. The van der Waals surface area contributed by atoms with Crippen molar-refractivity contribution in [3.8, 4) is 0 Å². The van der Waals surface area contributed by atoms with Gasteiger partial charge in [0, 0.05) is 30.1 Å². The third kappa shape index (κ3) is 3.43. The van der Waals surface area contributed by atoms with E-state index < -0.39 is 0 Å². The molecule has 1 aromatic carbocycles. The fourth-order valence-corrected chi connectivity index (χ4v) is 1.55. The summed E-state index contributed by atoms with van der Waals surface area (Å²) in [4.78, 5) is 10.1. The molecule has 0 spiro atoms. The smallest absolute Gasteiger partial charge is 0.269 e. The van der Waals surface area contributed by atoms with Crippen molar-refractivity contribution in [3.05, 3.63) is 33.9 Å². The van der Waals surface area contributed by atoms with E-state index in [1.165, 1.54) is 6.07 Å². The zero-order chi connectivity index (χ0) is 11.3. The van der Waals surface area contributed by atoms with Crippen molar-refractivity contribution >= 4 is 23.1 Å². The quantitative estimate of drug-likeness (QED) is 0.476. The average molecular weight is 226 g/mol. The molecule has 0 unspecified atom stereocenters. The van der Waals surface area contributed by atoms with Gasteiger partial charge in [-0.15, -0.1) is 0 Å². The molecule has 0 saturated heterocycles. The van der Waals surface area contributed by atoms with Gasteiger partial charge in [-0.1, -0.05) is 0 Å². The van der Waals surface area contributed by atoms with E-state index in [1.54, 1.807) is 23.9 Å². The number of nitrogens with one attached hydrogen (secondary N) is 1. The number of anilines is 1. The van der Waals surface area contributed by atoms with Crippen LogP contribution in [0.5, 0.6) is 0 Å². The van der Waals surface area contributed by atoms with E-state index in [9.17, 15) is 10.1 Å². The molecule has 82 valence electrons. The molecule has 15 heavy (non-hydrogen) atoms. The third-order valence-corrected chi connectivity index (χ3v) is 2.65.